The second kappa shape index (κ2) is 6.31. The van der Waals surface area contributed by atoms with Crippen molar-refractivity contribution in [3.63, 3.8) is 0 Å². The molecule has 118 valence electrons. The van der Waals surface area contributed by atoms with E-state index in [2.05, 4.69) is 15.1 Å². The van der Waals surface area contributed by atoms with Crippen molar-refractivity contribution < 1.29 is 4.79 Å². The predicted octanol–water partition coefficient (Wildman–Crippen LogP) is 0.269. The lowest BCUT2D eigenvalue weighted by molar-refractivity contribution is -0.133. The van der Waals surface area contributed by atoms with E-state index in [0.29, 0.717) is 6.54 Å². The molecular weight excluding hydrogens is 280 g/mol. The molecule has 1 fully saturated rings. The Morgan fingerprint density at radius 1 is 1.27 bits per heavy atom. The Balaban J connectivity index is 1.47. The van der Waals surface area contributed by atoms with Gasteiger partial charge in [0, 0.05) is 57.7 Å². The molecule has 0 bridgehead atoms. The number of aryl methyl sites for hydroxylation is 2. The van der Waals surface area contributed by atoms with E-state index in [1.165, 1.54) is 5.56 Å². The van der Waals surface area contributed by atoms with E-state index in [1.807, 2.05) is 48.2 Å². The van der Waals surface area contributed by atoms with Gasteiger partial charge >= 0.3 is 0 Å². The van der Waals surface area contributed by atoms with E-state index in [9.17, 15) is 4.79 Å². The molecule has 0 radical (unpaired) electrons. The Labute approximate surface area is 130 Å². The van der Waals surface area contributed by atoms with Crippen molar-refractivity contribution in [1.29, 1.82) is 0 Å². The van der Waals surface area contributed by atoms with Gasteiger partial charge in [-0.2, -0.15) is 10.2 Å². The highest BCUT2D eigenvalue weighted by atomic mass is 16.2. The molecule has 7 heteroatoms. The maximum Gasteiger partial charge on any atom is 0.244 e. The number of amides is 1. The van der Waals surface area contributed by atoms with Crippen LogP contribution in [-0.2, 0) is 24.9 Å². The summed E-state index contributed by atoms with van der Waals surface area (Å²) >= 11 is 0. The summed E-state index contributed by atoms with van der Waals surface area (Å²) in [5, 5.41) is 8.46. The van der Waals surface area contributed by atoms with Crippen LogP contribution in [-0.4, -0.2) is 61.4 Å². The van der Waals surface area contributed by atoms with Gasteiger partial charge in [-0.3, -0.25) is 19.1 Å². The van der Waals surface area contributed by atoms with Gasteiger partial charge in [0.15, 0.2) is 0 Å². The van der Waals surface area contributed by atoms with E-state index in [1.54, 1.807) is 4.68 Å². The van der Waals surface area contributed by atoms with Crippen LogP contribution in [0.2, 0.25) is 0 Å². The molecule has 2 aromatic heterocycles. The average molecular weight is 302 g/mol. The van der Waals surface area contributed by atoms with Crippen LogP contribution in [0.4, 0.5) is 0 Å². The fourth-order valence-corrected chi connectivity index (χ4v) is 2.76. The van der Waals surface area contributed by atoms with Crippen LogP contribution in [0, 0.1) is 6.92 Å². The molecule has 0 aromatic carbocycles. The van der Waals surface area contributed by atoms with E-state index in [0.717, 1.165) is 38.4 Å². The molecule has 2 aromatic rings. The summed E-state index contributed by atoms with van der Waals surface area (Å²) in [6.45, 7) is 6.51. The monoisotopic (exact) mass is 302 g/mol. The van der Waals surface area contributed by atoms with Gasteiger partial charge in [0.1, 0.15) is 6.54 Å². The van der Waals surface area contributed by atoms with Gasteiger partial charge < -0.3 is 4.90 Å². The number of hydrogen-bond acceptors (Lipinski definition) is 4. The molecule has 0 atom stereocenters. The molecule has 3 heterocycles. The molecule has 7 nitrogen and oxygen atoms in total. The van der Waals surface area contributed by atoms with Crippen molar-refractivity contribution in [1.82, 2.24) is 29.4 Å². The zero-order chi connectivity index (χ0) is 15.5. The molecule has 1 aliphatic rings. The lowest BCUT2D eigenvalue weighted by Gasteiger charge is -2.34. The van der Waals surface area contributed by atoms with Crippen LogP contribution in [0.3, 0.4) is 0 Å². The van der Waals surface area contributed by atoms with E-state index < -0.39 is 0 Å². The van der Waals surface area contributed by atoms with Crippen molar-refractivity contribution in [3.05, 3.63) is 35.9 Å². The molecule has 0 spiro atoms. The van der Waals surface area contributed by atoms with Crippen LogP contribution in [0.5, 0.6) is 0 Å². The minimum atomic E-state index is 0.143. The first-order valence-corrected chi connectivity index (χ1v) is 7.58. The smallest absolute Gasteiger partial charge is 0.244 e. The predicted molar refractivity (Wildman–Crippen MR) is 82.0 cm³/mol. The molecule has 0 N–H and O–H groups in total. The minimum Gasteiger partial charge on any atom is -0.339 e. The summed E-state index contributed by atoms with van der Waals surface area (Å²) in [4.78, 5) is 16.6. The second-order valence-corrected chi connectivity index (χ2v) is 5.83. The first-order valence-electron chi connectivity index (χ1n) is 7.58. The van der Waals surface area contributed by atoms with Crippen molar-refractivity contribution in [2.45, 2.75) is 20.0 Å². The summed E-state index contributed by atoms with van der Waals surface area (Å²) in [6, 6.07) is 1.92. The molecule has 1 amide bonds. The number of nitrogens with zero attached hydrogens (tertiary/aromatic N) is 6. The standard InChI is InChI=1S/C15H22N6O/c1-13-3-4-21(17-13)12-15(22)20-7-5-19(6-8-20)11-14-9-16-18(2)10-14/h3-4,9-10H,5-8,11-12H2,1-2H3. The molecule has 1 aliphatic heterocycles. The first-order chi connectivity index (χ1) is 10.6. The van der Waals surface area contributed by atoms with Gasteiger partial charge in [-0.05, 0) is 13.0 Å². The largest absolute Gasteiger partial charge is 0.339 e. The van der Waals surface area contributed by atoms with Crippen LogP contribution in [0.15, 0.2) is 24.7 Å². The van der Waals surface area contributed by atoms with Crippen LogP contribution >= 0.6 is 0 Å². The highest BCUT2D eigenvalue weighted by Gasteiger charge is 2.21. The van der Waals surface area contributed by atoms with Gasteiger partial charge in [-0.15, -0.1) is 0 Å². The van der Waals surface area contributed by atoms with Gasteiger partial charge in [0.2, 0.25) is 5.91 Å². The summed E-state index contributed by atoms with van der Waals surface area (Å²) in [7, 11) is 1.93. The SMILES string of the molecule is Cc1ccn(CC(=O)N2CCN(Cc3cnn(C)c3)CC2)n1. The zero-order valence-electron chi connectivity index (χ0n) is 13.1. The molecule has 22 heavy (non-hydrogen) atoms. The zero-order valence-corrected chi connectivity index (χ0v) is 13.1. The highest BCUT2D eigenvalue weighted by Crippen LogP contribution is 2.08. The lowest BCUT2D eigenvalue weighted by atomic mass is 10.2. The number of carbonyl (C=O) groups excluding carboxylic acids is 1. The normalized spacial score (nSPS) is 16.2. The summed E-state index contributed by atoms with van der Waals surface area (Å²) in [6.07, 6.45) is 5.79. The van der Waals surface area contributed by atoms with Crippen LogP contribution < -0.4 is 0 Å². The van der Waals surface area contributed by atoms with Crippen molar-refractivity contribution >= 4 is 5.91 Å². The topological polar surface area (TPSA) is 59.2 Å². The van der Waals surface area contributed by atoms with Gasteiger partial charge in [0.25, 0.3) is 0 Å². The molecule has 0 unspecified atom stereocenters. The summed E-state index contributed by atoms with van der Waals surface area (Å²) in [5.41, 5.74) is 2.16. The van der Waals surface area contributed by atoms with Crippen molar-refractivity contribution in [2.75, 3.05) is 26.2 Å². The number of hydrogen-bond donors (Lipinski definition) is 0. The second-order valence-electron chi connectivity index (χ2n) is 5.83. The molecule has 0 aliphatic carbocycles. The van der Waals surface area contributed by atoms with Crippen LogP contribution in [0.1, 0.15) is 11.3 Å². The van der Waals surface area contributed by atoms with Crippen molar-refractivity contribution in [2.24, 2.45) is 7.05 Å². The maximum atomic E-state index is 12.3. The average Bonchev–Trinajstić information content (AvgIpc) is 3.08. The Hall–Kier alpha value is -2.15. The van der Waals surface area contributed by atoms with Gasteiger partial charge in [-0.25, -0.2) is 0 Å². The molecule has 1 saturated heterocycles. The van der Waals surface area contributed by atoms with E-state index >= 15 is 0 Å². The third-order valence-corrected chi connectivity index (χ3v) is 3.96. The number of rotatable bonds is 4. The van der Waals surface area contributed by atoms with Crippen LogP contribution in [0.25, 0.3) is 0 Å². The fourth-order valence-electron chi connectivity index (χ4n) is 2.76. The van der Waals surface area contributed by atoms with E-state index in [-0.39, 0.29) is 5.91 Å². The summed E-state index contributed by atoms with van der Waals surface area (Å²) < 4.78 is 3.53. The van der Waals surface area contributed by atoms with Gasteiger partial charge in [0.05, 0.1) is 11.9 Å². The quantitative estimate of drug-likeness (QED) is 0.813. The Bertz CT molecular complexity index is 638. The van der Waals surface area contributed by atoms with Crippen molar-refractivity contribution in [3.8, 4) is 0 Å². The Kier molecular flexibility index (Phi) is 4.24. The Morgan fingerprint density at radius 3 is 2.64 bits per heavy atom. The lowest BCUT2D eigenvalue weighted by Crippen LogP contribution is -2.49. The molecule has 0 saturated carbocycles. The highest BCUT2D eigenvalue weighted by molar-refractivity contribution is 5.76. The van der Waals surface area contributed by atoms with E-state index in [4.69, 9.17) is 0 Å². The number of aromatic nitrogens is 4. The maximum absolute atomic E-state index is 12.3. The minimum absolute atomic E-state index is 0.143. The third-order valence-electron chi connectivity index (χ3n) is 3.96. The Morgan fingerprint density at radius 2 is 2.05 bits per heavy atom. The molecule has 3 rings (SSSR count). The number of piperazine rings is 1. The third kappa shape index (κ3) is 3.54. The van der Waals surface area contributed by atoms with Gasteiger partial charge in [-0.1, -0.05) is 0 Å². The fraction of sp³-hybridized carbons (Fsp3) is 0.533. The number of carbonyl (C=O) groups is 1. The molecular formula is C15H22N6O. The first kappa shape index (κ1) is 14.8. The summed E-state index contributed by atoms with van der Waals surface area (Å²) in [5.74, 6) is 0.143.